The summed E-state index contributed by atoms with van der Waals surface area (Å²) in [6.07, 6.45) is -2.58. The lowest BCUT2D eigenvalue weighted by Crippen LogP contribution is -2.27. The third kappa shape index (κ3) is 4.44. The topological polar surface area (TPSA) is 88.3 Å². The molecule has 0 radical (unpaired) electrons. The summed E-state index contributed by atoms with van der Waals surface area (Å²) in [6, 6.07) is 0. The van der Waals surface area contributed by atoms with Gasteiger partial charge in [0.25, 0.3) is 16.4 Å². The van der Waals surface area contributed by atoms with Gasteiger partial charge >= 0.3 is 4.87 Å². The molecule has 0 aliphatic heterocycles. The fourth-order valence-corrected chi connectivity index (χ4v) is 3.49. The number of aromatic amines is 1. The second-order valence-electron chi connectivity index (χ2n) is 3.29. The molecule has 0 aliphatic carbocycles. The molecule has 0 spiro atoms. The highest BCUT2D eigenvalue weighted by molar-refractivity contribution is 7.91. The van der Waals surface area contributed by atoms with Crippen molar-refractivity contribution in [2.24, 2.45) is 0 Å². The van der Waals surface area contributed by atoms with Gasteiger partial charge in [-0.15, -0.1) is 0 Å². The summed E-state index contributed by atoms with van der Waals surface area (Å²) in [5.74, 6) is 0. The minimum Gasteiger partial charge on any atom is -0.374 e. The first-order chi connectivity index (χ1) is 8.33. The Hall–Kier alpha value is -0.840. The number of aromatic nitrogens is 1. The number of aryl methyl sites for hydroxylation is 1. The number of nitrogens with one attached hydrogen (secondary N) is 2. The van der Waals surface area contributed by atoms with Gasteiger partial charge in [0.05, 0.1) is 6.61 Å². The SMILES string of the molecule is Cc1[nH]c(=O)sc1S(=O)(=O)NCCOCC(F)F. The van der Waals surface area contributed by atoms with Gasteiger partial charge in [-0.2, -0.15) is 0 Å². The first-order valence-corrected chi connectivity index (χ1v) is 7.18. The fraction of sp³-hybridized carbons (Fsp3) is 0.625. The standard InChI is InChI=1S/C8H12F2N2O4S2/c1-5-7(17-8(13)12-5)18(14,15)11-2-3-16-4-6(9)10/h6,11H,2-4H2,1H3,(H,12,13). The number of thiazole rings is 1. The Bertz CT molecular complexity index is 538. The highest BCUT2D eigenvalue weighted by Gasteiger charge is 2.19. The zero-order valence-corrected chi connectivity index (χ0v) is 11.0. The number of alkyl halides is 2. The van der Waals surface area contributed by atoms with Gasteiger partial charge in [0.15, 0.2) is 4.21 Å². The number of hydrogen-bond acceptors (Lipinski definition) is 5. The molecule has 0 saturated carbocycles. The number of hydrogen-bond donors (Lipinski definition) is 2. The Morgan fingerprint density at radius 3 is 2.67 bits per heavy atom. The van der Waals surface area contributed by atoms with Crippen LogP contribution >= 0.6 is 11.3 Å². The van der Waals surface area contributed by atoms with E-state index < -0.39 is 27.9 Å². The van der Waals surface area contributed by atoms with Crippen molar-refractivity contribution in [1.29, 1.82) is 0 Å². The Morgan fingerprint density at radius 1 is 1.50 bits per heavy atom. The molecule has 1 rings (SSSR count). The van der Waals surface area contributed by atoms with Crippen LogP contribution in [0.25, 0.3) is 0 Å². The lowest BCUT2D eigenvalue weighted by molar-refractivity contribution is 0.0199. The van der Waals surface area contributed by atoms with Crippen LogP contribution in [0.5, 0.6) is 0 Å². The third-order valence-corrected chi connectivity index (χ3v) is 4.87. The quantitative estimate of drug-likeness (QED) is 0.709. The van der Waals surface area contributed by atoms with Gasteiger partial charge in [0.2, 0.25) is 0 Å². The van der Waals surface area contributed by atoms with Crippen LogP contribution in [0.4, 0.5) is 8.78 Å². The molecular formula is C8H12F2N2O4S2. The maximum Gasteiger partial charge on any atom is 0.305 e. The summed E-state index contributed by atoms with van der Waals surface area (Å²) in [5.41, 5.74) is 0.242. The second-order valence-corrected chi connectivity index (χ2v) is 6.24. The average molecular weight is 302 g/mol. The van der Waals surface area contributed by atoms with Crippen molar-refractivity contribution in [3.8, 4) is 0 Å². The van der Waals surface area contributed by atoms with E-state index in [0.29, 0.717) is 11.3 Å². The highest BCUT2D eigenvalue weighted by atomic mass is 32.2. The predicted octanol–water partition coefficient (Wildman–Crippen LogP) is 0.305. The summed E-state index contributed by atoms with van der Waals surface area (Å²) in [4.78, 5) is 12.8. The van der Waals surface area contributed by atoms with Crippen LogP contribution < -0.4 is 9.60 Å². The van der Waals surface area contributed by atoms with Gasteiger partial charge < -0.3 is 9.72 Å². The third-order valence-electron chi connectivity index (χ3n) is 1.81. The highest BCUT2D eigenvalue weighted by Crippen LogP contribution is 2.14. The molecule has 0 saturated heterocycles. The van der Waals surface area contributed by atoms with E-state index in [1.165, 1.54) is 6.92 Å². The van der Waals surface area contributed by atoms with Crippen molar-refractivity contribution < 1.29 is 21.9 Å². The maximum atomic E-state index is 11.7. The molecular weight excluding hydrogens is 290 g/mol. The summed E-state index contributed by atoms with van der Waals surface area (Å²) in [6.45, 7) is 0.417. The summed E-state index contributed by atoms with van der Waals surface area (Å²) in [5, 5.41) is 0. The van der Waals surface area contributed by atoms with E-state index in [2.05, 4.69) is 14.4 Å². The van der Waals surface area contributed by atoms with Crippen LogP contribution in [-0.2, 0) is 14.8 Å². The van der Waals surface area contributed by atoms with Gasteiger partial charge in [0.1, 0.15) is 6.61 Å². The monoisotopic (exact) mass is 302 g/mol. The van der Waals surface area contributed by atoms with E-state index in [-0.39, 0.29) is 23.1 Å². The number of rotatable bonds is 7. The van der Waals surface area contributed by atoms with Gasteiger partial charge in [-0.05, 0) is 6.92 Å². The molecule has 0 bridgehead atoms. The normalized spacial score (nSPS) is 12.2. The molecule has 1 heterocycles. The minimum absolute atomic E-state index is 0.110. The van der Waals surface area contributed by atoms with Gasteiger partial charge in [-0.25, -0.2) is 21.9 Å². The van der Waals surface area contributed by atoms with Gasteiger partial charge in [-0.1, -0.05) is 11.3 Å². The molecule has 0 aromatic carbocycles. The molecule has 104 valence electrons. The summed E-state index contributed by atoms with van der Waals surface area (Å²) < 4.78 is 53.4. The van der Waals surface area contributed by atoms with Crippen LogP contribution in [-0.4, -0.2) is 39.6 Å². The molecule has 1 aromatic heterocycles. The molecule has 0 atom stereocenters. The van der Waals surface area contributed by atoms with E-state index in [0.717, 1.165) is 0 Å². The Labute approximate surface area is 106 Å². The van der Waals surface area contributed by atoms with Crippen molar-refractivity contribution in [1.82, 2.24) is 9.71 Å². The van der Waals surface area contributed by atoms with Crippen molar-refractivity contribution in [3.05, 3.63) is 15.4 Å². The van der Waals surface area contributed by atoms with Gasteiger partial charge in [-0.3, -0.25) is 4.79 Å². The van der Waals surface area contributed by atoms with Crippen molar-refractivity contribution in [3.63, 3.8) is 0 Å². The molecule has 2 N–H and O–H groups in total. The smallest absolute Gasteiger partial charge is 0.305 e. The predicted molar refractivity (Wildman–Crippen MR) is 61.7 cm³/mol. The molecule has 0 unspecified atom stereocenters. The molecule has 0 fully saturated rings. The summed E-state index contributed by atoms with van der Waals surface area (Å²) in [7, 11) is -3.80. The van der Waals surface area contributed by atoms with Crippen molar-refractivity contribution in [2.75, 3.05) is 19.8 Å². The minimum atomic E-state index is -3.80. The molecule has 1 aromatic rings. The molecule has 6 nitrogen and oxygen atoms in total. The van der Waals surface area contributed by atoms with E-state index in [9.17, 15) is 22.0 Å². The first-order valence-electron chi connectivity index (χ1n) is 4.88. The van der Waals surface area contributed by atoms with Crippen LogP contribution in [0.15, 0.2) is 9.00 Å². The van der Waals surface area contributed by atoms with E-state index in [1.807, 2.05) is 0 Å². The average Bonchev–Trinajstić information content (AvgIpc) is 2.57. The maximum absolute atomic E-state index is 11.7. The van der Waals surface area contributed by atoms with Crippen LogP contribution in [0.3, 0.4) is 0 Å². The van der Waals surface area contributed by atoms with Gasteiger partial charge in [0, 0.05) is 12.2 Å². The Balaban J connectivity index is 2.51. The number of ether oxygens (including phenoxy) is 1. The van der Waals surface area contributed by atoms with E-state index in [4.69, 9.17) is 0 Å². The second kappa shape index (κ2) is 6.36. The zero-order valence-electron chi connectivity index (χ0n) is 9.40. The number of sulfonamides is 1. The Morgan fingerprint density at radius 2 is 2.17 bits per heavy atom. The first kappa shape index (κ1) is 15.2. The Kier molecular flexibility index (Phi) is 5.38. The van der Waals surface area contributed by atoms with Crippen molar-refractivity contribution in [2.45, 2.75) is 17.6 Å². The lowest BCUT2D eigenvalue weighted by atomic mass is 10.6. The molecule has 18 heavy (non-hydrogen) atoms. The molecule has 0 amide bonds. The number of halogens is 2. The lowest BCUT2D eigenvalue weighted by Gasteiger charge is -2.06. The zero-order chi connectivity index (χ0) is 13.8. The molecule has 0 aliphatic rings. The largest absolute Gasteiger partial charge is 0.374 e. The van der Waals surface area contributed by atoms with Crippen LogP contribution in [0, 0.1) is 6.92 Å². The van der Waals surface area contributed by atoms with Crippen molar-refractivity contribution >= 4 is 21.4 Å². The number of H-pyrrole nitrogens is 1. The summed E-state index contributed by atoms with van der Waals surface area (Å²) >= 11 is 0.568. The van der Waals surface area contributed by atoms with Crippen LogP contribution in [0.1, 0.15) is 5.69 Å². The molecule has 10 heteroatoms. The fourth-order valence-electron chi connectivity index (χ4n) is 1.13. The van der Waals surface area contributed by atoms with Crippen LogP contribution in [0.2, 0.25) is 0 Å². The van der Waals surface area contributed by atoms with E-state index >= 15 is 0 Å². The van der Waals surface area contributed by atoms with E-state index in [1.54, 1.807) is 0 Å².